The third kappa shape index (κ3) is 2.86. The van der Waals surface area contributed by atoms with Crippen molar-refractivity contribution >= 4 is 21.8 Å². The molecule has 1 unspecified atom stereocenters. The van der Waals surface area contributed by atoms with Crippen LogP contribution in [0.15, 0.2) is 0 Å². The van der Waals surface area contributed by atoms with Crippen molar-refractivity contribution in [2.45, 2.75) is 54.0 Å². The van der Waals surface area contributed by atoms with E-state index in [2.05, 4.69) is 62.8 Å². The number of amides is 1. The van der Waals surface area contributed by atoms with E-state index in [4.69, 9.17) is 0 Å². The van der Waals surface area contributed by atoms with Crippen LogP contribution in [0.1, 0.15) is 48.0 Å². The Morgan fingerprint density at radius 2 is 1.71 bits per heavy atom. The van der Waals surface area contributed by atoms with Crippen LogP contribution in [0.3, 0.4) is 0 Å². The zero-order valence-electron chi connectivity index (χ0n) is 11.9. The van der Waals surface area contributed by atoms with Gasteiger partial charge in [-0.25, -0.2) is 0 Å². The van der Waals surface area contributed by atoms with Gasteiger partial charge in [-0.1, -0.05) is 57.5 Å². The third-order valence-electron chi connectivity index (χ3n) is 4.57. The Morgan fingerprint density at radius 3 is 2.00 bits per heavy atom. The molecule has 1 aliphatic rings. The molecule has 100 valence electrons. The molecule has 0 aromatic carbocycles. The summed E-state index contributed by atoms with van der Waals surface area (Å²) in [5, 5.41) is 4.02. The van der Waals surface area contributed by atoms with E-state index in [0.29, 0.717) is 5.92 Å². The summed E-state index contributed by atoms with van der Waals surface area (Å²) in [5.41, 5.74) is 0.261. The van der Waals surface area contributed by atoms with Crippen LogP contribution >= 0.6 is 15.9 Å². The highest BCUT2D eigenvalue weighted by Crippen LogP contribution is 2.68. The zero-order chi connectivity index (χ0) is 13.4. The van der Waals surface area contributed by atoms with Gasteiger partial charge in [0.15, 0.2) is 0 Å². The Hall–Kier alpha value is -0.0500. The lowest BCUT2D eigenvalue weighted by Crippen LogP contribution is -2.39. The summed E-state index contributed by atoms with van der Waals surface area (Å²) < 4.78 is 0. The van der Waals surface area contributed by atoms with Crippen LogP contribution in [0.4, 0.5) is 0 Å². The molecular formula is C14H26BrNO. The summed E-state index contributed by atoms with van der Waals surface area (Å²) in [4.78, 5) is 12.3. The van der Waals surface area contributed by atoms with Crippen LogP contribution in [0.2, 0.25) is 0 Å². The van der Waals surface area contributed by atoms with Crippen LogP contribution in [-0.4, -0.2) is 17.3 Å². The van der Waals surface area contributed by atoms with Gasteiger partial charge >= 0.3 is 0 Å². The van der Waals surface area contributed by atoms with Gasteiger partial charge in [-0.15, -0.1) is 0 Å². The van der Waals surface area contributed by atoms with Gasteiger partial charge in [0.1, 0.15) is 0 Å². The lowest BCUT2D eigenvalue weighted by atomic mass is 10.0. The maximum atomic E-state index is 12.3. The van der Waals surface area contributed by atoms with Gasteiger partial charge in [0, 0.05) is 17.3 Å². The molecule has 1 aliphatic carbocycles. The Labute approximate surface area is 114 Å². The lowest BCUT2D eigenvalue weighted by Gasteiger charge is -2.19. The van der Waals surface area contributed by atoms with Crippen molar-refractivity contribution in [3.63, 3.8) is 0 Å². The predicted octanol–water partition coefficient (Wildman–Crippen LogP) is 3.59. The molecule has 1 amide bonds. The summed E-state index contributed by atoms with van der Waals surface area (Å²) in [5.74, 6) is 0.992. The molecule has 3 heteroatoms. The fourth-order valence-electron chi connectivity index (χ4n) is 2.87. The normalized spacial score (nSPS) is 23.5. The number of carbonyl (C=O) groups excluding carboxylic acids is 1. The summed E-state index contributed by atoms with van der Waals surface area (Å²) in [6.07, 6.45) is 1.03. The first-order chi connectivity index (χ1) is 7.64. The van der Waals surface area contributed by atoms with Crippen molar-refractivity contribution in [2.75, 3.05) is 5.33 Å². The van der Waals surface area contributed by atoms with Crippen LogP contribution in [0.5, 0.6) is 0 Å². The largest absolute Gasteiger partial charge is 0.352 e. The molecule has 0 spiro atoms. The van der Waals surface area contributed by atoms with E-state index in [-0.39, 0.29) is 28.7 Å². The topological polar surface area (TPSA) is 29.1 Å². The van der Waals surface area contributed by atoms with Crippen molar-refractivity contribution in [1.29, 1.82) is 0 Å². The quantitative estimate of drug-likeness (QED) is 0.773. The van der Waals surface area contributed by atoms with Gasteiger partial charge in [0.25, 0.3) is 0 Å². The molecular weight excluding hydrogens is 278 g/mol. The minimum absolute atomic E-state index is 0.131. The van der Waals surface area contributed by atoms with Crippen molar-refractivity contribution in [3.05, 3.63) is 0 Å². The van der Waals surface area contributed by atoms with E-state index in [1.54, 1.807) is 0 Å². The molecule has 0 heterocycles. The van der Waals surface area contributed by atoms with Crippen molar-refractivity contribution in [3.8, 4) is 0 Å². The monoisotopic (exact) mass is 303 g/mol. The van der Waals surface area contributed by atoms with Crippen molar-refractivity contribution < 1.29 is 4.79 Å². The van der Waals surface area contributed by atoms with E-state index in [1.807, 2.05) is 0 Å². The van der Waals surface area contributed by atoms with Gasteiger partial charge in [-0.2, -0.15) is 0 Å². The van der Waals surface area contributed by atoms with Crippen LogP contribution in [-0.2, 0) is 4.79 Å². The zero-order valence-corrected chi connectivity index (χ0v) is 13.5. The highest BCUT2D eigenvalue weighted by molar-refractivity contribution is 9.09. The van der Waals surface area contributed by atoms with Gasteiger partial charge < -0.3 is 5.32 Å². The van der Waals surface area contributed by atoms with Gasteiger partial charge in [-0.3, -0.25) is 4.79 Å². The molecule has 1 fully saturated rings. The van der Waals surface area contributed by atoms with E-state index >= 15 is 0 Å². The molecule has 1 N–H and O–H groups in total. The third-order valence-corrected chi connectivity index (χ3v) is 5.35. The van der Waals surface area contributed by atoms with E-state index < -0.39 is 0 Å². The van der Waals surface area contributed by atoms with Crippen molar-refractivity contribution in [1.82, 2.24) is 5.32 Å². The second kappa shape index (κ2) is 4.91. The summed E-state index contributed by atoms with van der Waals surface area (Å²) in [7, 11) is 0. The standard InChI is InChI=1S/C14H26BrNO/c1-9(2)7-10(8-15)16-12(17)11-13(3,4)14(11,5)6/h9-11H,7-8H2,1-6H3,(H,16,17). The number of hydrogen-bond donors (Lipinski definition) is 1. The molecule has 0 aromatic heterocycles. The fourth-order valence-corrected chi connectivity index (χ4v) is 3.29. The molecule has 17 heavy (non-hydrogen) atoms. The average Bonchev–Trinajstić information content (AvgIpc) is 2.55. The summed E-state index contributed by atoms with van der Waals surface area (Å²) in [6.45, 7) is 13.1. The molecule has 1 saturated carbocycles. The Balaban J connectivity index is 2.56. The lowest BCUT2D eigenvalue weighted by molar-refractivity contribution is -0.124. The number of nitrogens with one attached hydrogen (secondary N) is 1. The molecule has 0 radical (unpaired) electrons. The highest BCUT2D eigenvalue weighted by Gasteiger charge is 2.68. The minimum atomic E-state index is 0.131. The first-order valence-electron chi connectivity index (χ1n) is 6.51. The minimum Gasteiger partial charge on any atom is -0.352 e. The number of alkyl halides is 1. The van der Waals surface area contributed by atoms with Gasteiger partial charge in [0.2, 0.25) is 5.91 Å². The molecule has 1 rings (SSSR count). The van der Waals surface area contributed by atoms with Crippen LogP contribution in [0, 0.1) is 22.7 Å². The van der Waals surface area contributed by atoms with Gasteiger partial charge in [0.05, 0.1) is 0 Å². The number of rotatable bonds is 5. The maximum absolute atomic E-state index is 12.3. The molecule has 0 aromatic rings. The second-order valence-electron chi connectivity index (χ2n) is 6.87. The predicted molar refractivity (Wildman–Crippen MR) is 76.2 cm³/mol. The van der Waals surface area contributed by atoms with E-state index in [1.165, 1.54) is 0 Å². The van der Waals surface area contributed by atoms with E-state index in [0.717, 1.165) is 11.8 Å². The number of hydrogen-bond acceptors (Lipinski definition) is 1. The molecule has 0 bridgehead atoms. The fraction of sp³-hybridized carbons (Fsp3) is 0.929. The molecule has 1 atom stereocenters. The number of carbonyl (C=O) groups is 1. The highest BCUT2D eigenvalue weighted by atomic mass is 79.9. The molecule has 0 aliphatic heterocycles. The summed E-state index contributed by atoms with van der Waals surface area (Å²) in [6, 6.07) is 0.259. The Bertz CT molecular complexity index is 283. The summed E-state index contributed by atoms with van der Waals surface area (Å²) >= 11 is 3.48. The van der Waals surface area contributed by atoms with Crippen molar-refractivity contribution in [2.24, 2.45) is 22.7 Å². The maximum Gasteiger partial charge on any atom is 0.224 e. The smallest absolute Gasteiger partial charge is 0.224 e. The van der Waals surface area contributed by atoms with Crippen LogP contribution < -0.4 is 5.32 Å². The first-order valence-corrected chi connectivity index (χ1v) is 7.63. The first kappa shape index (κ1) is 15.0. The molecule has 2 nitrogen and oxygen atoms in total. The number of halogens is 1. The van der Waals surface area contributed by atoms with Gasteiger partial charge in [-0.05, 0) is 23.2 Å². The van der Waals surface area contributed by atoms with Crippen LogP contribution in [0.25, 0.3) is 0 Å². The molecule has 0 saturated heterocycles. The second-order valence-corrected chi connectivity index (χ2v) is 7.51. The van der Waals surface area contributed by atoms with E-state index in [9.17, 15) is 4.79 Å². The SMILES string of the molecule is CC(C)CC(CBr)NC(=O)C1C(C)(C)C1(C)C. The Kier molecular flexibility index (Phi) is 4.33. The average molecular weight is 304 g/mol. The Morgan fingerprint density at radius 1 is 1.24 bits per heavy atom.